The molecular weight excluding hydrogens is 420 g/mol. The van der Waals surface area contributed by atoms with Gasteiger partial charge in [0.25, 0.3) is 0 Å². The van der Waals surface area contributed by atoms with E-state index in [1.54, 1.807) is 20.8 Å². The fourth-order valence-electron chi connectivity index (χ4n) is 3.31. The molecule has 174 valence electrons. The summed E-state index contributed by atoms with van der Waals surface area (Å²) in [7, 11) is 0.284. The van der Waals surface area contributed by atoms with Crippen molar-refractivity contribution < 1.29 is 37.2 Å². The Morgan fingerprint density at radius 1 is 1.12 bits per heavy atom. The summed E-state index contributed by atoms with van der Waals surface area (Å²) in [6.07, 6.45) is -0.655. The van der Waals surface area contributed by atoms with Gasteiger partial charge in [-0.05, 0) is 60.6 Å². The number of amides is 1. The van der Waals surface area contributed by atoms with Crippen molar-refractivity contribution in [2.75, 3.05) is 7.11 Å². The SMILES string of the molecule is COC(=O)c1cc(F)cc2c(B3OC(C)(C)C(C)(C)O3)c(CNC(=O)OC(C)(C)C)oc12. The molecule has 2 heterocycles. The van der Waals surface area contributed by atoms with Gasteiger partial charge >= 0.3 is 19.2 Å². The predicted octanol–water partition coefficient (Wildman–Crippen LogP) is 3.68. The number of fused-ring (bicyclic) bond motifs is 1. The molecule has 0 saturated carbocycles. The third-order valence-corrected chi connectivity index (χ3v) is 5.56. The first kappa shape index (κ1) is 24.1. The molecule has 1 N–H and O–H groups in total. The topological polar surface area (TPSA) is 96.2 Å². The zero-order valence-corrected chi connectivity index (χ0v) is 19.7. The number of ether oxygens (including phenoxy) is 2. The number of nitrogens with one attached hydrogen (secondary N) is 1. The quantitative estimate of drug-likeness (QED) is 0.562. The van der Waals surface area contributed by atoms with Crippen LogP contribution in [-0.2, 0) is 25.3 Å². The van der Waals surface area contributed by atoms with Crippen molar-refractivity contribution in [1.82, 2.24) is 5.32 Å². The monoisotopic (exact) mass is 449 g/mol. The Morgan fingerprint density at radius 3 is 2.25 bits per heavy atom. The van der Waals surface area contributed by atoms with Gasteiger partial charge in [-0.25, -0.2) is 14.0 Å². The molecule has 1 aliphatic heterocycles. The first-order chi connectivity index (χ1) is 14.6. The summed E-state index contributed by atoms with van der Waals surface area (Å²) < 4.78 is 42.7. The third kappa shape index (κ3) is 4.61. The van der Waals surface area contributed by atoms with Crippen LogP contribution >= 0.6 is 0 Å². The number of hydrogen-bond acceptors (Lipinski definition) is 7. The molecule has 32 heavy (non-hydrogen) atoms. The van der Waals surface area contributed by atoms with E-state index in [2.05, 4.69) is 5.32 Å². The zero-order chi connectivity index (χ0) is 24.1. The van der Waals surface area contributed by atoms with Crippen LogP contribution < -0.4 is 10.8 Å². The number of esters is 1. The van der Waals surface area contributed by atoms with E-state index < -0.39 is 41.8 Å². The van der Waals surface area contributed by atoms with E-state index in [9.17, 15) is 14.0 Å². The second kappa shape index (κ2) is 8.08. The Morgan fingerprint density at radius 2 is 1.72 bits per heavy atom. The van der Waals surface area contributed by atoms with E-state index in [-0.39, 0.29) is 23.5 Å². The van der Waals surface area contributed by atoms with Crippen molar-refractivity contribution in [3.05, 3.63) is 29.3 Å². The van der Waals surface area contributed by atoms with Gasteiger partial charge in [0.1, 0.15) is 28.3 Å². The lowest BCUT2D eigenvalue weighted by Gasteiger charge is -2.32. The number of hydrogen-bond donors (Lipinski definition) is 1. The van der Waals surface area contributed by atoms with Crippen LogP contribution in [0.5, 0.6) is 0 Å². The number of benzene rings is 1. The molecule has 0 spiro atoms. The highest BCUT2D eigenvalue weighted by atomic mass is 19.1. The van der Waals surface area contributed by atoms with Crippen LogP contribution in [0.2, 0.25) is 0 Å². The molecule has 1 aromatic carbocycles. The van der Waals surface area contributed by atoms with Crippen LogP contribution in [0.1, 0.15) is 64.6 Å². The van der Waals surface area contributed by atoms with Crippen LogP contribution in [-0.4, -0.2) is 43.1 Å². The summed E-state index contributed by atoms with van der Waals surface area (Å²) >= 11 is 0. The highest BCUT2D eigenvalue weighted by molar-refractivity contribution is 6.65. The van der Waals surface area contributed by atoms with Gasteiger partial charge < -0.3 is 28.5 Å². The average Bonchev–Trinajstić information content (AvgIpc) is 3.10. The lowest BCUT2D eigenvalue weighted by Crippen LogP contribution is -2.41. The van der Waals surface area contributed by atoms with Crippen LogP contribution in [0.25, 0.3) is 11.0 Å². The van der Waals surface area contributed by atoms with Crippen LogP contribution in [0.3, 0.4) is 0 Å². The predicted molar refractivity (Wildman–Crippen MR) is 116 cm³/mol. The third-order valence-electron chi connectivity index (χ3n) is 5.56. The number of methoxy groups -OCH3 is 1. The summed E-state index contributed by atoms with van der Waals surface area (Å²) in [6.45, 7) is 12.7. The summed E-state index contributed by atoms with van der Waals surface area (Å²) in [4.78, 5) is 24.4. The number of rotatable bonds is 4. The largest absolute Gasteiger partial charge is 0.499 e. The van der Waals surface area contributed by atoms with Gasteiger partial charge in [0.15, 0.2) is 0 Å². The first-order valence-electron chi connectivity index (χ1n) is 10.3. The second-order valence-electron chi connectivity index (χ2n) is 9.70. The van der Waals surface area contributed by atoms with E-state index in [0.29, 0.717) is 10.8 Å². The molecule has 1 aromatic heterocycles. The van der Waals surface area contributed by atoms with E-state index in [1.807, 2.05) is 27.7 Å². The number of carbonyl (C=O) groups excluding carboxylic acids is 2. The Kier molecular flexibility index (Phi) is 6.08. The summed E-state index contributed by atoms with van der Waals surface area (Å²) in [5.41, 5.74) is -1.61. The maximum Gasteiger partial charge on any atom is 0.499 e. The Bertz CT molecular complexity index is 1040. The van der Waals surface area contributed by atoms with E-state index in [4.69, 9.17) is 23.2 Å². The minimum atomic E-state index is -0.913. The normalized spacial score (nSPS) is 17.5. The van der Waals surface area contributed by atoms with Gasteiger partial charge in [0.05, 0.1) is 24.9 Å². The molecule has 1 fully saturated rings. The van der Waals surface area contributed by atoms with Crippen molar-refractivity contribution in [1.29, 1.82) is 0 Å². The Labute approximate surface area is 186 Å². The van der Waals surface area contributed by atoms with Crippen molar-refractivity contribution in [2.45, 2.75) is 71.8 Å². The van der Waals surface area contributed by atoms with E-state index in [1.165, 1.54) is 13.2 Å². The molecule has 0 unspecified atom stereocenters. The Hall–Kier alpha value is -2.59. The van der Waals surface area contributed by atoms with Crippen LogP contribution in [0, 0.1) is 5.82 Å². The van der Waals surface area contributed by atoms with Gasteiger partial charge in [-0.2, -0.15) is 0 Å². The highest BCUT2D eigenvalue weighted by Crippen LogP contribution is 2.38. The smallest absolute Gasteiger partial charge is 0.465 e. The minimum absolute atomic E-state index is 0.0798. The second-order valence-corrected chi connectivity index (χ2v) is 9.70. The highest BCUT2D eigenvalue weighted by Gasteiger charge is 2.53. The Balaban J connectivity index is 2.10. The van der Waals surface area contributed by atoms with E-state index in [0.717, 1.165) is 6.07 Å². The number of carbonyl (C=O) groups is 2. The fraction of sp³-hybridized carbons (Fsp3) is 0.545. The number of halogens is 1. The van der Waals surface area contributed by atoms with E-state index >= 15 is 0 Å². The lowest BCUT2D eigenvalue weighted by atomic mass is 9.76. The maximum atomic E-state index is 14.5. The molecule has 0 atom stereocenters. The van der Waals surface area contributed by atoms with Crippen molar-refractivity contribution in [3.63, 3.8) is 0 Å². The summed E-state index contributed by atoms with van der Waals surface area (Å²) in [6, 6.07) is 2.28. The zero-order valence-electron chi connectivity index (χ0n) is 19.7. The molecule has 0 radical (unpaired) electrons. The van der Waals surface area contributed by atoms with Crippen molar-refractivity contribution >= 4 is 35.6 Å². The van der Waals surface area contributed by atoms with Gasteiger partial charge in [-0.3, -0.25) is 0 Å². The molecule has 1 aliphatic rings. The molecule has 1 saturated heterocycles. The minimum Gasteiger partial charge on any atom is -0.465 e. The average molecular weight is 449 g/mol. The van der Waals surface area contributed by atoms with Gasteiger partial charge in [-0.1, -0.05) is 0 Å². The van der Waals surface area contributed by atoms with Crippen LogP contribution in [0.4, 0.5) is 9.18 Å². The number of furan rings is 1. The molecule has 2 aromatic rings. The van der Waals surface area contributed by atoms with Crippen molar-refractivity contribution in [2.24, 2.45) is 0 Å². The maximum absolute atomic E-state index is 14.5. The van der Waals surface area contributed by atoms with Gasteiger partial charge in [0.2, 0.25) is 0 Å². The molecule has 10 heteroatoms. The standard InChI is InChI=1S/C22H29BFNO7/c1-20(2,3)30-19(27)25-11-15-16(23-31-21(4,5)22(6,7)32-23)13-9-12(24)10-14(17(13)29-15)18(26)28-8/h9-10H,11H2,1-8H3,(H,25,27). The lowest BCUT2D eigenvalue weighted by molar-refractivity contribution is 0.00578. The summed E-state index contributed by atoms with van der Waals surface area (Å²) in [5.74, 6) is -1.15. The summed E-state index contributed by atoms with van der Waals surface area (Å²) in [5, 5.41) is 2.92. The molecule has 0 bridgehead atoms. The fourth-order valence-corrected chi connectivity index (χ4v) is 3.31. The molecule has 0 aliphatic carbocycles. The molecule has 3 rings (SSSR count). The molecular formula is C22H29BFNO7. The van der Waals surface area contributed by atoms with Crippen LogP contribution in [0.15, 0.2) is 16.5 Å². The van der Waals surface area contributed by atoms with Gasteiger partial charge in [-0.15, -0.1) is 0 Å². The van der Waals surface area contributed by atoms with Crippen molar-refractivity contribution in [3.8, 4) is 0 Å². The first-order valence-corrected chi connectivity index (χ1v) is 10.3. The molecule has 1 amide bonds. The molecule has 8 nitrogen and oxygen atoms in total. The number of alkyl carbamates (subject to hydrolysis) is 1. The van der Waals surface area contributed by atoms with Gasteiger partial charge in [0, 0.05) is 10.8 Å².